The summed E-state index contributed by atoms with van der Waals surface area (Å²) in [6.07, 6.45) is 0. The first-order chi connectivity index (χ1) is 13.4. The molecule has 2 unspecified atom stereocenters. The number of nitrogens with zero attached hydrogens (tertiary/aromatic N) is 2. The lowest BCUT2D eigenvalue weighted by Gasteiger charge is -2.17. The summed E-state index contributed by atoms with van der Waals surface area (Å²) in [5, 5.41) is 0. The number of para-hydroxylation sites is 3. The van der Waals surface area contributed by atoms with Crippen molar-refractivity contribution >= 4 is 24.7 Å². The third kappa shape index (κ3) is 4.75. The molecule has 0 saturated carbocycles. The summed E-state index contributed by atoms with van der Waals surface area (Å²) in [5.41, 5.74) is 0. The molecular weight excluding hydrogens is 399 g/mol. The van der Waals surface area contributed by atoms with Crippen molar-refractivity contribution in [3.05, 3.63) is 91.0 Å². The van der Waals surface area contributed by atoms with E-state index in [1.807, 2.05) is 91.0 Å². The van der Waals surface area contributed by atoms with Crippen LogP contribution in [-0.2, 0) is 0 Å². The molecule has 3 aromatic carbocycles. The number of benzene rings is 3. The third-order valence-electron chi connectivity index (χ3n) is 3.35. The first-order valence-corrected chi connectivity index (χ1v) is 11.4. The third-order valence-corrected chi connectivity index (χ3v) is 7.83. The van der Waals surface area contributed by atoms with Crippen LogP contribution >= 0.6 is 24.7 Å². The second-order valence-corrected chi connectivity index (χ2v) is 9.46. The second-order valence-electron chi connectivity index (χ2n) is 5.28. The summed E-state index contributed by atoms with van der Waals surface area (Å²) >= 11 is 0. The molecule has 4 rings (SSSR count). The first kappa shape index (κ1) is 17.8. The zero-order chi connectivity index (χ0) is 18.3. The van der Waals surface area contributed by atoms with Crippen molar-refractivity contribution in [3.8, 4) is 17.2 Å². The van der Waals surface area contributed by atoms with Gasteiger partial charge in [0.1, 0.15) is 20.0 Å². The highest BCUT2D eigenvalue weighted by Gasteiger charge is 2.14. The molecule has 0 fully saturated rings. The predicted octanol–water partition coefficient (Wildman–Crippen LogP) is 6.42. The highest BCUT2D eigenvalue weighted by atomic mass is 31.2. The zero-order valence-corrected chi connectivity index (χ0v) is 16.8. The van der Waals surface area contributed by atoms with Gasteiger partial charge in [0.2, 0.25) is 0 Å². The van der Waals surface area contributed by atoms with Crippen LogP contribution in [0.1, 0.15) is 0 Å². The van der Waals surface area contributed by atoms with E-state index in [-0.39, 0.29) is 0 Å². The normalized spacial score (nSPS) is 11.9. The molecule has 136 valence electrons. The molecule has 27 heavy (non-hydrogen) atoms. The topological polar surface area (TPSA) is 61.3 Å². The smallest absolute Gasteiger partial charge is 0.305 e. The molecule has 1 aromatic heterocycles. The van der Waals surface area contributed by atoms with E-state index in [1.54, 1.807) is 4.26 Å². The highest BCUT2D eigenvalue weighted by Crippen LogP contribution is 2.39. The average molecular weight is 415 g/mol. The van der Waals surface area contributed by atoms with Crippen molar-refractivity contribution < 1.29 is 13.9 Å². The molecule has 1 N–H and O–H groups in total. The van der Waals surface area contributed by atoms with Crippen LogP contribution in [0.2, 0.25) is 0 Å². The van der Waals surface area contributed by atoms with Crippen LogP contribution in [-0.4, -0.2) is 13.3 Å². The van der Waals surface area contributed by atoms with Gasteiger partial charge in [0, 0.05) is 0 Å². The van der Waals surface area contributed by atoms with Crippen LogP contribution in [0.3, 0.4) is 0 Å². The molecule has 0 bridgehead atoms. The van der Waals surface area contributed by atoms with Gasteiger partial charge < -0.3 is 13.9 Å². The van der Waals surface area contributed by atoms with Gasteiger partial charge in [-0.1, -0.05) is 58.9 Å². The fourth-order valence-corrected chi connectivity index (χ4v) is 6.73. The van der Waals surface area contributed by atoms with Gasteiger partial charge in [-0.25, -0.2) is 0 Å². The number of rotatable bonds is 6. The van der Waals surface area contributed by atoms with Crippen molar-refractivity contribution in [2.24, 2.45) is 0 Å². The Kier molecular flexibility index (Phi) is 5.81. The van der Waals surface area contributed by atoms with E-state index in [1.165, 1.54) is 0 Å². The molecule has 6 nitrogen and oxygen atoms in total. The van der Waals surface area contributed by atoms with Crippen molar-refractivity contribution in [2.75, 3.05) is 0 Å². The molecule has 4 aromatic rings. The Morgan fingerprint density at radius 2 is 1.22 bits per heavy atom. The number of aromatic amines is 1. The highest BCUT2D eigenvalue weighted by molar-refractivity contribution is 7.55. The van der Waals surface area contributed by atoms with Gasteiger partial charge in [0.15, 0.2) is 5.75 Å². The van der Waals surface area contributed by atoms with Gasteiger partial charge in [-0.3, -0.25) is 4.51 Å². The fourth-order valence-electron chi connectivity index (χ4n) is 2.15. The summed E-state index contributed by atoms with van der Waals surface area (Å²) in [6, 6.07) is 28.8. The minimum atomic E-state index is -1.41. The lowest BCUT2D eigenvalue weighted by Crippen LogP contribution is -2.08. The van der Waals surface area contributed by atoms with Crippen molar-refractivity contribution in [3.63, 3.8) is 0 Å². The Bertz CT molecular complexity index is 949. The molecule has 9 heteroatoms. The standard InChI is InChI=1S/C18H16N3O3P3/c1-4-10-16(11-5-1)22-21-26(23-17-12-6-2-7-13-17)19-25-20-27(21)24-18-14-8-3-9-15-18/h1-15H,(H,19,20). The Morgan fingerprint density at radius 1 is 0.704 bits per heavy atom. The van der Waals surface area contributed by atoms with Gasteiger partial charge >= 0.3 is 8.08 Å². The SMILES string of the molecule is c1ccc(On2p(Oc3ccccc3)np[nH]p2Oc2ccccc2)cc1. The zero-order valence-electron chi connectivity index (χ0n) is 14.1. The Morgan fingerprint density at radius 3 is 1.81 bits per heavy atom. The molecule has 0 amide bonds. The lowest BCUT2D eigenvalue weighted by molar-refractivity contribution is 0.259. The average Bonchev–Trinajstić information content (AvgIpc) is 2.73. The molecular formula is C18H16N3O3P3. The number of H-pyrrole nitrogens is 1. The van der Waals surface area contributed by atoms with E-state index in [0.29, 0.717) is 14.3 Å². The van der Waals surface area contributed by atoms with Gasteiger partial charge in [-0.05, 0) is 36.4 Å². The number of aromatic nitrogens is 3. The van der Waals surface area contributed by atoms with E-state index < -0.39 is 16.2 Å². The summed E-state index contributed by atoms with van der Waals surface area (Å²) < 4.78 is 21.7. The van der Waals surface area contributed by atoms with Crippen molar-refractivity contribution in [1.82, 2.24) is 13.3 Å². The maximum atomic E-state index is 6.13. The van der Waals surface area contributed by atoms with E-state index >= 15 is 0 Å². The van der Waals surface area contributed by atoms with Crippen LogP contribution in [0.4, 0.5) is 0 Å². The van der Waals surface area contributed by atoms with Gasteiger partial charge in [0.25, 0.3) is 8.08 Å². The fraction of sp³-hybridized carbons (Fsp3) is 0. The maximum Gasteiger partial charge on any atom is 0.305 e. The van der Waals surface area contributed by atoms with E-state index in [2.05, 4.69) is 9.02 Å². The Labute approximate surface area is 160 Å². The van der Waals surface area contributed by atoms with Crippen LogP contribution in [0.5, 0.6) is 17.2 Å². The molecule has 0 aliphatic rings. The molecule has 0 radical (unpaired) electrons. The van der Waals surface area contributed by atoms with Crippen molar-refractivity contribution in [1.29, 1.82) is 0 Å². The number of hydrogen-bond acceptors (Lipinski definition) is 4. The first-order valence-electron chi connectivity index (χ1n) is 8.14. The van der Waals surface area contributed by atoms with Crippen LogP contribution in [0.15, 0.2) is 91.0 Å². The monoisotopic (exact) mass is 415 g/mol. The van der Waals surface area contributed by atoms with Gasteiger partial charge in [0.05, 0.1) is 0 Å². The molecule has 2 atom stereocenters. The largest absolute Gasteiger partial charge is 0.415 e. The predicted molar refractivity (Wildman–Crippen MR) is 110 cm³/mol. The van der Waals surface area contributed by atoms with E-state index in [4.69, 9.17) is 13.9 Å². The molecule has 0 aliphatic carbocycles. The van der Waals surface area contributed by atoms with Gasteiger partial charge in [-0.15, -0.1) is 4.51 Å². The van der Waals surface area contributed by atoms with E-state index in [9.17, 15) is 0 Å². The molecule has 1 heterocycles. The van der Waals surface area contributed by atoms with Crippen LogP contribution in [0, 0.1) is 0 Å². The molecule has 0 spiro atoms. The van der Waals surface area contributed by atoms with Gasteiger partial charge in [-0.2, -0.15) is 0 Å². The quantitative estimate of drug-likeness (QED) is 0.395. The van der Waals surface area contributed by atoms with Crippen LogP contribution < -0.4 is 13.9 Å². The van der Waals surface area contributed by atoms with Crippen LogP contribution in [0.25, 0.3) is 0 Å². The molecule has 0 saturated heterocycles. The number of hydrogen-bond donors (Lipinski definition) is 1. The summed E-state index contributed by atoms with van der Waals surface area (Å²) in [5.74, 6) is 2.19. The second kappa shape index (κ2) is 8.83. The van der Waals surface area contributed by atoms with E-state index in [0.717, 1.165) is 11.5 Å². The van der Waals surface area contributed by atoms with Crippen molar-refractivity contribution in [2.45, 2.75) is 0 Å². The Hall–Kier alpha value is -2.64. The summed E-state index contributed by atoms with van der Waals surface area (Å²) in [7, 11) is -2.02. The summed E-state index contributed by atoms with van der Waals surface area (Å²) in [4.78, 5) is 6.11. The molecule has 0 aliphatic heterocycles. The number of nitrogens with one attached hydrogen (secondary N) is 1. The minimum Gasteiger partial charge on any atom is -0.415 e. The maximum absolute atomic E-state index is 6.13. The lowest BCUT2D eigenvalue weighted by atomic mass is 10.3. The Balaban J connectivity index is 1.72. The minimum absolute atomic E-state index is 0.696. The summed E-state index contributed by atoms with van der Waals surface area (Å²) in [6.45, 7) is 0.